The second-order valence-electron chi connectivity index (χ2n) is 4.73. The minimum absolute atomic E-state index is 0.369. The zero-order valence-electron chi connectivity index (χ0n) is 9.80. The molecular formula is C14H17NO2. The molecule has 3 nitrogen and oxygen atoms in total. The van der Waals surface area contributed by atoms with Crippen molar-refractivity contribution in [3.63, 3.8) is 0 Å². The summed E-state index contributed by atoms with van der Waals surface area (Å²) in [6.07, 6.45) is 4.34. The summed E-state index contributed by atoms with van der Waals surface area (Å²) in [7, 11) is 0. The van der Waals surface area contributed by atoms with E-state index in [9.17, 15) is 5.11 Å². The van der Waals surface area contributed by atoms with E-state index in [0.717, 1.165) is 43.5 Å². The van der Waals surface area contributed by atoms with Crippen molar-refractivity contribution in [2.24, 2.45) is 5.92 Å². The Balaban J connectivity index is 1.87. The van der Waals surface area contributed by atoms with Gasteiger partial charge in [0.1, 0.15) is 5.75 Å². The molecule has 0 saturated carbocycles. The number of hydrogen-bond donors (Lipinski definition) is 1. The smallest absolute Gasteiger partial charge is 0.124 e. The Morgan fingerprint density at radius 1 is 1.24 bits per heavy atom. The molecule has 1 fully saturated rings. The van der Waals surface area contributed by atoms with Gasteiger partial charge in [0.05, 0.1) is 5.52 Å². The predicted octanol–water partition coefficient (Wildman–Crippen LogP) is 2.77. The Bertz CT molecular complexity index is 512. The maximum absolute atomic E-state index is 9.76. The minimum Gasteiger partial charge on any atom is -0.507 e. The van der Waals surface area contributed by atoms with Crippen LogP contribution in [0.2, 0.25) is 0 Å². The van der Waals surface area contributed by atoms with Crippen LogP contribution < -0.4 is 0 Å². The van der Waals surface area contributed by atoms with Gasteiger partial charge in [-0.15, -0.1) is 0 Å². The fourth-order valence-electron chi connectivity index (χ4n) is 2.57. The largest absolute Gasteiger partial charge is 0.507 e. The molecule has 0 radical (unpaired) electrons. The molecule has 0 aliphatic carbocycles. The van der Waals surface area contributed by atoms with Crippen molar-refractivity contribution in [1.29, 1.82) is 0 Å². The van der Waals surface area contributed by atoms with Gasteiger partial charge in [0, 0.05) is 31.3 Å². The van der Waals surface area contributed by atoms with Crippen LogP contribution in [0.4, 0.5) is 0 Å². The highest BCUT2D eigenvalue weighted by Gasteiger charge is 2.15. The number of nitrogens with zero attached hydrogens (tertiary/aromatic N) is 1. The van der Waals surface area contributed by atoms with Gasteiger partial charge < -0.3 is 14.4 Å². The average molecular weight is 231 g/mol. The molecule has 1 saturated heterocycles. The van der Waals surface area contributed by atoms with Crippen LogP contribution in [0.5, 0.6) is 5.75 Å². The first-order chi connectivity index (χ1) is 8.34. The summed E-state index contributed by atoms with van der Waals surface area (Å²) in [6, 6.07) is 7.69. The quantitative estimate of drug-likeness (QED) is 0.862. The molecule has 0 unspecified atom stereocenters. The summed E-state index contributed by atoms with van der Waals surface area (Å²) in [5, 5.41) is 10.7. The monoisotopic (exact) mass is 231 g/mol. The molecule has 2 aromatic rings. The van der Waals surface area contributed by atoms with E-state index in [-0.39, 0.29) is 0 Å². The SMILES string of the molecule is Oc1cccc2c1ccn2CC1CCOCC1. The summed E-state index contributed by atoms with van der Waals surface area (Å²) >= 11 is 0. The van der Waals surface area contributed by atoms with Crippen molar-refractivity contribution in [1.82, 2.24) is 4.57 Å². The van der Waals surface area contributed by atoms with E-state index >= 15 is 0 Å². The topological polar surface area (TPSA) is 34.4 Å². The second-order valence-corrected chi connectivity index (χ2v) is 4.73. The molecule has 1 aromatic carbocycles. The van der Waals surface area contributed by atoms with Crippen LogP contribution in [0.25, 0.3) is 10.9 Å². The number of ether oxygens (including phenoxy) is 1. The van der Waals surface area contributed by atoms with Crippen molar-refractivity contribution in [3.8, 4) is 5.75 Å². The lowest BCUT2D eigenvalue weighted by Crippen LogP contribution is -2.19. The third-order valence-corrected chi connectivity index (χ3v) is 3.59. The molecule has 0 atom stereocenters. The number of hydrogen-bond acceptors (Lipinski definition) is 2. The van der Waals surface area contributed by atoms with E-state index in [1.165, 1.54) is 0 Å². The van der Waals surface area contributed by atoms with Gasteiger partial charge in [-0.2, -0.15) is 0 Å². The Morgan fingerprint density at radius 2 is 2.06 bits per heavy atom. The maximum Gasteiger partial charge on any atom is 0.124 e. The zero-order chi connectivity index (χ0) is 11.7. The first-order valence-electron chi connectivity index (χ1n) is 6.19. The Labute approximate surface area is 101 Å². The number of phenolic OH excluding ortho intramolecular Hbond substituents is 1. The van der Waals surface area contributed by atoms with E-state index in [0.29, 0.717) is 11.7 Å². The molecule has 17 heavy (non-hydrogen) atoms. The molecule has 1 N–H and O–H groups in total. The lowest BCUT2D eigenvalue weighted by Gasteiger charge is -2.22. The number of phenols is 1. The van der Waals surface area contributed by atoms with Crippen molar-refractivity contribution < 1.29 is 9.84 Å². The number of fused-ring (bicyclic) bond motifs is 1. The summed E-state index contributed by atoms with van der Waals surface area (Å²) < 4.78 is 7.62. The molecule has 2 heterocycles. The van der Waals surface area contributed by atoms with Crippen LogP contribution in [0.1, 0.15) is 12.8 Å². The summed E-state index contributed by atoms with van der Waals surface area (Å²) in [5.74, 6) is 1.06. The van der Waals surface area contributed by atoms with Gasteiger partial charge in [0.25, 0.3) is 0 Å². The molecule has 3 rings (SSSR count). The molecular weight excluding hydrogens is 214 g/mol. The molecule has 0 amide bonds. The van der Waals surface area contributed by atoms with Crippen LogP contribution in [0.15, 0.2) is 30.5 Å². The third-order valence-electron chi connectivity index (χ3n) is 3.59. The Kier molecular flexibility index (Phi) is 2.77. The maximum atomic E-state index is 9.76. The van der Waals surface area contributed by atoms with Crippen molar-refractivity contribution in [3.05, 3.63) is 30.5 Å². The Hall–Kier alpha value is -1.48. The van der Waals surface area contributed by atoms with Crippen molar-refractivity contribution in [2.45, 2.75) is 19.4 Å². The van der Waals surface area contributed by atoms with Crippen molar-refractivity contribution >= 4 is 10.9 Å². The zero-order valence-corrected chi connectivity index (χ0v) is 9.80. The number of aromatic nitrogens is 1. The van der Waals surface area contributed by atoms with Crippen molar-refractivity contribution in [2.75, 3.05) is 13.2 Å². The molecule has 1 aromatic heterocycles. The molecule has 0 spiro atoms. The van der Waals surface area contributed by atoms with E-state index in [2.05, 4.69) is 16.8 Å². The standard InChI is InChI=1S/C14H17NO2/c16-14-3-1-2-13-12(14)4-7-15(13)10-11-5-8-17-9-6-11/h1-4,7,11,16H,5-6,8-10H2. The minimum atomic E-state index is 0.369. The lowest BCUT2D eigenvalue weighted by molar-refractivity contribution is 0.0616. The number of aromatic hydroxyl groups is 1. The molecule has 1 aliphatic heterocycles. The Morgan fingerprint density at radius 3 is 2.88 bits per heavy atom. The number of benzene rings is 1. The van der Waals surface area contributed by atoms with E-state index in [4.69, 9.17) is 4.74 Å². The van der Waals surface area contributed by atoms with Crippen LogP contribution in [0.3, 0.4) is 0 Å². The van der Waals surface area contributed by atoms with E-state index in [1.54, 1.807) is 6.07 Å². The highest BCUT2D eigenvalue weighted by molar-refractivity contribution is 5.86. The van der Waals surface area contributed by atoms with Gasteiger partial charge in [-0.05, 0) is 37.0 Å². The fourth-order valence-corrected chi connectivity index (χ4v) is 2.57. The van der Waals surface area contributed by atoms with Crippen LogP contribution in [-0.4, -0.2) is 22.9 Å². The second kappa shape index (κ2) is 4.41. The van der Waals surface area contributed by atoms with E-state index in [1.807, 2.05) is 12.1 Å². The fraction of sp³-hybridized carbons (Fsp3) is 0.429. The molecule has 0 bridgehead atoms. The number of rotatable bonds is 2. The highest BCUT2D eigenvalue weighted by atomic mass is 16.5. The van der Waals surface area contributed by atoms with Gasteiger partial charge in [0.15, 0.2) is 0 Å². The molecule has 3 heteroatoms. The van der Waals surface area contributed by atoms with Crippen LogP contribution >= 0.6 is 0 Å². The lowest BCUT2D eigenvalue weighted by atomic mass is 10.0. The van der Waals surface area contributed by atoms with Gasteiger partial charge in [0.2, 0.25) is 0 Å². The van der Waals surface area contributed by atoms with Crippen LogP contribution in [0, 0.1) is 5.92 Å². The van der Waals surface area contributed by atoms with E-state index < -0.39 is 0 Å². The normalized spacial score (nSPS) is 17.6. The third kappa shape index (κ3) is 2.03. The van der Waals surface area contributed by atoms with Crippen LogP contribution in [-0.2, 0) is 11.3 Å². The predicted molar refractivity (Wildman–Crippen MR) is 67.1 cm³/mol. The average Bonchev–Trinajstić information content (AvgIpc) is 2.76. The van der Waals surface area contributed by atoms with Gasteiger partial charge in [-0.1, -0.05) is 6.07 Å². The van der Waals surface area contributed by atoms with Gasteiger partial charge in [-0.25, -0.2) is 0 Å². The first kappa shape index (κ1) is 10.7. The summed E-state index contributed by atoms with van der Waals surface area (Å²) in [6.45, 7) is 2.79. The summed E-state index contributed by atoms with van der Waals surface area (Å²) in [5.41, 5.74) is 1.12. The highest BCUT2D eigenvalue weighted by Crippen LogP contribution is 2.27. The van der Waals surface area contributed by atoms with Gasteiger partial charge in [-0.3, -0.25) is 0 Å². The van der Waals surface area contributed by atoms with Gasteiger partial charge >= 0.3 is 0 Å². The molecule has 90 valence electrons. The molecule has 1 aliphatic rings. The first-order valence-corrected chi connectivity index (χ1v) is 6.19. The summed E-state index contributed by atoms with van der Waals surface area (Å²) in [4.78, 5) is 0.